The molecule has 1 aliphatic heterocycles. The normalized spacial score (nSPS) is 23.7. The van der Waals surface area contributed by atoms with Crippen LogP contribution in [0.15, 0.2) is 0 Å². The number of carbonyl (C=O) groups is 1. The van der Waals surface area contributed by atoms with Crippen LogP contribution in [0, 0.1) is 0 Å². The first-order valence-corrected chi connectivity index (χ1v) is 5.50. The second-order valence-electron chi connectivity index (χ2n) is 4.84. The molecule has 1 saturated heterocycles. The summed E-state index contributed by atoms with van der Waals surface area (Å²) in [5.74, 6) is -0.715. The van der Waals surface area contributed by atoms with Gasteiger partial charge in [0.05, 0.1) is 13.2 Å². The van der Waals surface area contributed by atoms with Crippen LogP contribution in [-0.4, -0.2) is 47.3 Å². The Morgan fingerprint density at radius 2 is 2.27 bits per heavy atom. The lowest BCUT2D eigenvalue weighted by Crippen LogP contribution is -2.56. The number of ether oxygens (including phenoxy) is 1. The topological polar surface area (TPSA) is 49.8 Å². The summed E-state index contributed by atoms with van der Waals surface area (Å²) in [4.78, 5) is 12.9. The molecule has 0 saturated carbocycles. The van der Waals surface area contributed by atoms with E-state index in [1.807, 2.05) is 0 Å². The number of nitrogens with zero attached hydrogens (tertiary/aromatic N) is 1. The van der Waals surface area contributed by atoms with E-state index in [1.165, 1.54) is 0 Å². The Hall–Kier alpha value is -0.610. The number of hydrogen-bond acceptors (Lipinski definition) is 3. The summed E-state index contributed by atoms with van der Waals surface area (Å²) in [6, 6.07) is 0.306. The smallest absolute Gasteiger partial charge is 0.303 e. The molecule has 0 radical (unpaired) electrons. The Balaban J connectivity index is 2.49. The molecule has 1 unspecified atom stereocenters. The molecule has 1 fully saturated rings. The Labute approximate surface area is 91.2 Å². The van der Waals surface area contributed by atoms with Crippen molar-refractivity contribution in [1.29, 1.82) is 0 Å². The molecule has 1 heterocycles. The van der Waals surface area contributed by atoms with Crippen LogP contribution in [0.2, 0.25) is 0 Å². The van der Waals surface area contributed by atoms with Crippen molar-refractivity contribution in [2.24, 2.45) is 0 Å². The standard InChI is InChI=1S/C11H21NO3/c1-9(4-5-10(13)14)12-6-7-15-8-11(12,2)3/h9H,4-8H2,1-3H3,(H,13,14). The fourth-order valence-corrected chi connectivity index (χ4v) is 2.18. The Kier molecular flexibility index (Phi) is 4.11. The Morgan fingerprint density at radius 3 is 2.80 bits per heavy atom. The molecule has 1 rings (SSSR count). The first kappa shape index (κ1) is 12.5. The quantitative estimate of drug-likeness (QED) is 0.769. The fourth-order valence-electron chi connectivity index (χ4n) is 2.18. The molecular weight excluding hydrogens is 194 g/mol. The van der Waals surface area contributed by atoms with Crippen molar-refractivity contribution >= 4 is 5.97 Å². The minimum atomic E-state index is -0.715. The molecule has 0 spiro atoms. The van der Waals surface area contributed by atoms with Crippen molar-refractivity contribution < 1.29 is 14.6 Å². The molecule has 1 atom stereocenters. The summed E-state index contributed by atoms with van der Waals surface area (Å²) < 4.78 is 5.43. The number of morpholine rings is 1. The van der Waals surface area contributed by atoms with Gasteiger partial charge in [0, 0.05) is 24.5 Å². The zero-order chi connectivity index (χ0) is 11.5. The molecule has 0 aromatic heterocycles. The molecule has 0 bridgehead atoms. The highest BCUT2D eigenvalue weighted by molar-refractivity contribution is 5.66. The second-order valence-corrected chi connectivity index (χ2v) is 4.84. The van der Waals surface area contributed by atoms with E-state index in [0.717, 1.165) is 19.8 Å². The van der Waals surface area contributed by atoms with Gasteiger partial charge in [0.25, 0.3) is 0 Å². The molecule has 4 nitrogen and oxygen atoms in total. The van der Waals surface area contributed by atoms with Gasteiger partial charge in [-0.3, -0.25) is 9.69 Å². The molecule has 0 amide bonds. The number of carboxylic acids is 1. The van der Waals surface area contributed by atoms with Gasteiger partial charge in [-0.05, 0) is 27.2 Å². The second kappa shape index (κ2) is 4.94. The summed E-state index contributed by atoms with van der Waals surface area (Å²) >= 11 is 0. The molecule has 0 aromatic carbocycles. The van der Waals surface area contributed by atoms with Crippen molar-refractivity contribution in [3.05, 3.63) is 0 Å². The average Bonchev–Trinajstić information content (AvgIpc) is 2.13. The van der Waals surface area contributed by atoms with Gasteiger partial charge in [0.1, 0.15) is 0 Å². The summed E-state index contributed by atoms with van der Waals surface area (Å²) in [5.41, 5.74) is 0.0240. The minimum Gasteiger partial charge on any atom is -0.481 e. The molecule has 0 aliphatic carbocycles. The third kappa shape index (κ3) is 3.47. The molecule has 0 aromatic rings. The van der Waals surface area contributed by atoms with Gasteiger partial charge in [-0.25, -0.2) is 0 Å². The van der Waals surface area contributed by atoms with E-state index < -0.39 is 5.97 Å². The van der Waals surface area contributed by atoms with Gasteiger partial charge in [-0.15, -0.1) is 0 Å². The van der Waals surface area contributed by atoms with E-state index >= 15 is 0 Å². The lowest BCUT2D eigenvalue weighted by molar-refractivity contribution is -0.137. The molecule has 1 aliphatic rings. The number of aliphatic carboxylic acids is 1. The van der Waals surface area contributed by atoms with Crippen molar-refractivity contribution in [2.75, 3.05) is 19.8 Å². The van der Waals surface area contributed by atoms with E-state index in [-0.39, 0.29) is 12.0 Å². The van der Waals surface area contributed by atoms with Crippen LogP contribution < -0.4 is 0 Å². The van der Waals surface area contributed by atoms with Crippen LogP contribution in [0.1, 0.15) is 33.6 Å². The van der Waals surface area contributed by atoms with Crippen LogP contribution in [0.3, 0.4) is 0 Å². The van der Waals surface area contributed by atoms with Gasteiger partial charge >= 0.3 is 5.97 Å². The number of hydrogen-bond donors (Lipinski definition) is 1. The highest BCUT2D eigenvalue weighted by atomic mass is 16.5. The largest absolute Gasteiger partial charge is 0.481 e. The van der Waals surface area contributed by atoms with Crippen molar-refractivity contribution in [3.63, 3.8) is 0 Å². The van der Waals surface area contributed by atoms with Gasteiger partial charge in [-0.1, -0.05) is 0 Å². The van der Waals surface area contributed by atoms with Crippen molar-refractivity contribution in [2.45, 2.75) is 45.2 Å². The fraction of sp³-hybridized carbons (Fsp3) is 0.909. The summed E-state index contributed by atoms with van der Waals surface area (Å²) in [6.07, 6.45) is 0.952. The Morgan fingerprint density at radius 1 is 1.60 bits per heavy atom. The molecular formula is C11H21NO3. The lowest BCUT2D eigenvalue weighted by Gasteiger charge is -2.45. The van der Waals surface area contributed by atoms with E-state index in [4.69, 9.17) is 9.84 Å². The van der Waals surface area contributed by atoms with Crippen LogP contribution >= 0.6 is 0 Å². The van der Waals surface area contributed by atoms with Gasteiger partial charge in [0.2, 0.25) is 0 Å². The predicted molar refractivity (Wildman–Crippen MR) is 57.9 cm³/mol. The van der Waals surface area contributed by atoms with Gasteiger partial charge in [-0.2, -0.15) is 0 Å². The van der Waals surface area contributed by atoms with Gasteiger partial charge in [0.15, 0.2) is 0 Å². The van der Waals surface area contributed by atoms with Crippen LogP contribution in [0.5, 0.6) is 0 Å². The van der Waals surface area contributed by atoms with E-state index in [0.29, 0.717) is 12.5 Å². The average molecular weight is 215 g/mol. The van der Waals surface area contributed by atoms with Crippen molar-refractivity contribution in [3.8, 4) is 0 Å². The van der Waals surface area contributed by atoms with Crippen LogP contribution in [0.4, 0.5) is 0 Å². The number of carboxylic acid groups (broad SMARTS) is 1. The summed E-state index contributed by atoms with van der Waals surface area (Å²) in [5, 5.41) is 8.65. The predicted octanol–water partition coefficient (Wildman–Crippen LogP) is 1.35. The highest BCUT2D eigenvalue weighted by Crippen LogP contribution is 2.23. The van der Waals surface area contributed by atoms with Crippen LogP contribution in [0.25, 0.3) is 0 Å². The first-order valence-electron chi connectivity index (χ1n) is 5.50. The summed E-state index contributed by atoms with van der Waals surface area (Å²) in [6.45, 7) is 8.75. The van der Waals surface area contributed by atoms with E-state index in [1.54, 1.807) is 0 Å². The molecule has 4 heteroatoms. The zero-order valence-electron chi connectivity index (χ0n) is 9.82. The van der Waals surface area contributed by atoms with E-state index in [9.17, 15) is 4.79 Å². The number of rotatable bonds is 4. The SMILES string of the molecule is CC(CCC(=O)O)N1CCOCC1(C)C. The maximum atomic E-state index is 10.5. The molecule has 15 heavy (non-hydrogen) atoms. The third-order valence-electron chi connectivity index (χ3n) is 3.02. The lowest BCUT2D eigenvalue weighted by atomic mass is 9.98. The highest BCUT2D eigenvalue weighted by Gasteiger charge is 2.33. The van der Waals surface area contributed by atoms with Crippen LogP contribution in [-0.2, 0) is 9.53 Å². The molecule has 1 N–H and O–H groups in total. The summed E-state index contributed by atoms with van der Waals surface area (Å²) in [7, 11) is 0. The zero-order valence-corrected chi connectivity index (χ0v) is 9.82. The monoisotopic (exact) mass is 215 g/mol. The maximum absolute atomic E-state index is 10.5. The molecule has 88 valence electrons. The first-order chi connectivity index (χ1) is 6.93. The minimum absolute atomic E-state index is 0.0240. The van der Waals surface area contributed by atoms with E-state index in [2.05, 4.69) is 25.7 Å². The van der Waals surface area contributed by atoms with Crippen molar-refractivity contribution in [1.82, 2.24) is 4.90 Å². The Bertz CT molecular complexity index is 228. The third-order valence-corrected chi connectivity index (χ3v) is 3.02. The van der Waals surface area contributed by atoms with Gasteiger partial charge < -0.3 is 9.84 Å². The maximum Gasteiger partial charge on any atom is 0.303 e.